The van der Waals surface area contributed by atoms with Crippen LogP contribution in [0, 0.1) is 16.0 Å². The molecular formula is C18H14ClN3O5. The van der Waals surface area contributed by atoms with Crippen molar-refractivity contribution in [1.82, 2.24) is 4.90 Å². The number of likely N-dealkylation sites (N-methyl/N-ethyl adjacent to an activating group) is 1. The summed E-state index contributed by atoms with van der Waals surface area (Å²) in [6.07, 6.45) is -0.932. The molecule has 0 radical (unpaired) electrons. The second kappa shape index (κ2) is 6.33. The van der Waals surface area contributed by atoms with Crippen LogP contribution in [0.3, 0.4) is 0 Å². The number of hydroxylamine groups is 1. The standard InChI is InChI=1S/C18H14ClN3O5/c1-20-17(23)14-15(10-2-6-13(7-3-10)22(25)26)21(27-16(14)18(20)24)12-8-4-11(19)5-9-12/h2-9,14-16H,1H3/t14-,15-,16-/m1/s1. The van der Waals surface area contributed by atoms with Gasteiger partial charge in [0.05, 0.1) is 16.7 Å². The van der Waals surface area contributed by atoms with Crippen LogP contribution in [0.15, 0.2) is 48.5 Å². The Labute approximate surface area is 159 Å². The molecule has 138 valence electrons. The topological polar surface area (TPSA) is 93.0 Å². The molecule has 2 saturated heterocycles. The number of nitro groups is 1. The summed E-state index contributed by atoms with van der Waals surface area (Å²) in [4.78, 5) is 42.4. The average Bonchev–Trinajstić information content (AvgIpc) is 3.15. The molecule has 2 amide bonds. The van der Waals surface area contributed by atoms with Crippen molar-refractivity contribution in [2.45, 2.75) is 12.1 Å². The van der Waals surface area contributed by atoms with Gasteiger partial charge >= 0.3 is 0 Å². The Morgan fingerprint density at radius 1 is 1.04 bits per heavy atom. The van der Waals surface area contributed by atoms with E-state index in [0.29, 0.717) is 16.3 Å². The lowest BCUT2D eigenvalue weighted by atomic mass is 9.90. The molecule has 0 unspecified atom stereocenters. The van der Waals surface area contributed by atoms with E-state index in [0.717, 1.165) is 4.90 Å². The number of non-ortho nitro benzene ring substituents is 1. The number of imide groups is 1. The van der Waals surface area contributed by atoms with E-state index in [2.05, 4.69) is 0 Å². The number of fused-ring (bicyclic) bond motifs is 1. The fraction of sp³-hybridized carbons (Fsp3) is 0.222. The highest BCUT2D eigenvalue weighted by molar-refractivity contribution is 6.30. The molecule has 2 heterocycles. The van der Waals surface area contributed by atoms with Crippen LogP contribution in [0.4, 0.5) is 11.4 Å². The number of nitrogens with zero attached hydrogens (tertiary/aromatic N) is 3. The average molecular weight is 388 g/mol. The minimum Gasteiger partial charge on any atom is -0.283 e. The van der Waals surface area contributed by atoms with Gasteiger partial charge in [-0.15, -0.1) is 0 Å². The van der Waals surface area contributed by atoms with Crippen molar-refractivity contribution in [3.8, 4) is 0 Å². The molecule has 0 bridgehead atoms. The van der Waals surface area contributed by atoms with Crippen molar-refractivity contribution in [3.05, 3.63) is 69.2 Å². The normalized spacial score (nSPS) is 24.4. The lowest BCUT2D eigenvalue weighted by Crippen LogP contribution is -2.34. The second-order valence-electron chi connectivity index (χ2n) is 6.38. The number of likely N-dealkylation sites (tertiary alicyclic amines) is 1. The van der Waals surface area contributed by atoms with Crippen LogP contribution in [-0.4, -0.2) is 34.8 Å². The van der Waals surface area contributed by atoms with Gasteiger partial charge in [0.25, 0.3) is 11.6 Å². The molecule has 9 heteroatoms. The SMILES string of the molecule is CN1C(=O)[C@@H]2[C@@H](c3ccc([N+](=O)[O-])cc3)N(c3ccc(Cl)cc3)O[C@H]2C1=O. The highest BCUT2D eigenvalue weighted by Gasteiger charge is 2.58. The number of hydrogen-bond donors (Lipinski definition) is 0. The lowest BCUT2D eigenvalue weighted by molar-refractivity contribution is -0.384. The molecule has 2 fully saturated rings. The molecule has 2 aliphatic rings. The summed E-state index contributed by atoms with van der Waals surface area (Å²) < 4.78 is 0. The van der Waals surface area contributed by atoms with Crippen LogP contribution in [0.25, 0.3) is 0 Å². The summed E-state index contributed by atoms with van der Waals surface area (Å²) in [6.45, 7) is 0. The van der Waals surface area contributed by atoms with Gasteiger partial charge in [0, 0.05) is 24.2 Å². The molecule has 0 saturated carbocycles. The summed E-state index contributed by atoms with van der Waals surface area (Å²) in [5.74, 6) is -1.49. The van der Waals surface area contributed by atoms with E-state index < -0.39 is 28.9 Å². The van der Waals surface area contributed by atoms with Crippen LogP contribution in [-0.2, 0) is 14.4 Å². The maximum absolute atomic E-state index is 12.7. The maximum Gasteiger partial charge on any atom is 0.269 e. The zero-order valence-electron chi connectivity index (χ0n) is 14.1. The van der Waals surface area contributed by atoms with Gasteiger partial charge in [0.2, 0.25) is 5.91 Å². The van der Waals surface area contributed by atoms with Crippen LogP contribution in [0.5, 0.6) is 0 Å². The van der Waals surface area contributed by atoms with E-state index >= 15 is 0 Å². The van der Waals surface area contributed by atoms with Gasteiger partial charge in [0.1, 0.15) is 5.92 Å². The molecule has 0 spiro atoms. The Morgan fingerprint density at radius 2 is 1.67 bits per heavy atom. The van der Waals surface area contributed by atoms with Gasteiger partial charge < -0.3 is 0 Å². The Hall–Kier alpha value is -2.97. The minimum absolute atomic E-state index is 0.0572. The predicted octanol–water partition coefficient (Wildman–Crippen LogP) is 2.72. The van der Waals surface area contributed by atoms with E-state index in [-0.39, 0.29) is 11.6 Å². The van der Waals surface area contributed by atoms with Crippen molar-refractivity contribution >= 4 is 34.8 Å². The van der Waals surface area contributed by atoms with E-state index in [9.17, 15) is 19.7 Å². The molecule has 3 atom stereocenters. The van der Waals surface area contributed by atoms with Crippen LogP contribution in [0.2, 0.25) is 5.02 Å². The number of carbonyl (C=O) groups excluding carboxylic acids is 2. The molecule has 2 aliphatic heterocycles. The summed E-state index contributed by atoms with van der Waals surface area (Å²) in [7, 11) is 1.42. The van der Waals surface area contributed by atoms with Crippen molar-refractivity contribution in [3.63, 3.8) is 0 Å². The number of carbonyl (C=O) groups is 2. The summed E-state index contributed by atoms with van der Waals surface area (Å²) in [6, 6.07) is 12.1. The zero-order chi connectivity index (χ0) is 19.3. The minimum atomic E-state index is -0.932. The summed E-state index contributed by atoms with van der Waals surface area (Å²) in [5, 5.41) is 13.0. The monoisotopic (exact) mass is 387 g/mol. The van der Waals surface area contributed by atoms with Crippen molar-refractivity contribution in [2.75, 3.05) is 12.1 Å². The number of benzene rings is 2. The number of hydrogen-bond acceptors (Lipinski definition) is 6. The number of nitro benzene ring substituents is 1. The van der Waals surface area contributed by atoms with Crippen LogP contribution >= 0.6 is 11.6 Å². The summed E-state index contributed by atoms with van der Waals surface area (Å²) in [5.41, 5.74) is 1.21. The first-order valence-electron chi connectivity index (χ1n) is 8.16. The fourth-order valence-electron chi connectivity index (χ4n) is 3.50. The first-order valence-corrected chi connectivity index (χ1v) is 8.53. The van der Waals surface area contributed by atoms with Gasteiger partial charge in [-0.3, -0.25) is 29.4 Å². The largest absolute Gasteiger partial charge is 0.283 e. The molecule has 2 aromatic carbocycles. The second-order valence-corrected chi connectivity index (χ2v) is 6.82. The van der Waals surface area contributed by atoms with Crippen molar-refractivity contribution in [1.29, 1.82) is 0 Å². The molecule has 4 rings (SSSR count). The third-order valence-corrected chi connectivity index (χ3v) is 5.11. The molecule has 8 nitrogen and oxygen atoms in total. The van der Waals surface area contributed by atoms with Crippen molar-refractivity contribution in [2.24, 2.45) is 5.92 Å². The van der Waals surface area contributed by atoms with E-state index in [1.165, 1.54) is 24.2 Å². The van der Waals surface area contributed by atoms with Gasteiger partial charge in [-0.2, -0.15) is 0 Å². The van der Waals surface area contributed by atoms with E-state index in [4.69, 9.17) is 16.4 Å². The van der Waals surface area contributed by atoms with Gasteiger partial charge in [-0.25, -0.2) is 5.06 Å². The highest BCUT2D eigenvalue weighted by atomic mass is 35.5. The van der Waals surface area contributed by atoms with Gasteiger partial charge in [0.15, 0.2) is 6.10 Å². The predicted molar refractivity (Wildman–Crippen MR) is 95.9 cm³/mol. The quantitative estimate of drug-likeness (QED) is 0.456. The van der Waals surface area contributed by atoms with Crippen LogP contribution < -0.4 is 5.06 Å². The third-order valence-electron chi connectivity index (χ3n) is 4.86. The summed E-state index contributed by atoms with van der Waals surface area (Å²) >= 11 is 5.94. The Kier molecular flexibility index (Phi) is 4.09. The molecule has 2 aromatic rings. The Morgan fingerprint density at radius 3 is 2.26 bits per heavy atom. The molecule has 0 N–H and O–H groups in total. The van der Waals surface area contributed by atoms with Gasteiger partial charge in [-0.1, -0.05) is 23.7 Å². The molecule has 0 aromatic heterocycles. The fourth-order valence-corrected chi connectivity index (χ4v) is 3.62. The first kappa shape index (κ1) is 17.4. The maximum atomic E-state index is 12.7. The zero-order valence-corrected chi connectivity index (χ0v) is 14.9. The first-order chi connectivity index (χ1) is 12.9. The van der Waals surface area contributed by atoms with Crippen LogP contribution in [0.1, 0.15) is 11.6 Å². The third kappa shape index (κ3) is 2.73. The number of amides is 2. The number of halogens is 1. The van der Waals surface area contributed by atoms with Crippen molar-refractivity contribution < 1.29 is 19.3 Å². The smallest absolute Gasteiger partial charge is 0.269 e. The Balaban J connectivity index is 1.79. The highest BCUT2D eigenvalue weighted by Crippen LogP contribution is 2.46. The van der Waals surface area contributed by atoms with Gasteiger partial charge in [-0.05, 0) is 29.8 Å². The molecular weight excluding hydrogens is 374 g/mol. The lowest BCUT2D eigenvalue weighted by Gasteiger charge is -2.28. The Bertz CT molecular complexity index is 931. The molecule has 0 aliphatic carbocycles. The van der Waals surface area contributed by atoms with E-state index in [1.54, 1.807) is 36.4 Å². The number of rotatable bonds is 3. The molecule has 27 heavy (non-hydrogen) atoms. The number of anilines is 1. The van der Waals surface area contributed by atoms with E-state index in [1.807, 2.05) is 0 Å².